The highest BCUT2D eigenvalue weighted by Gasteiger charge is 2.23. The molecule has 0 unspecified atom stereocenters. The van der Waals surface area contributed by atoms with Crippen molar-refractivity contribution in [2.75, 3.05) is 44.8 Å². The highest BCUT2D eigenvalue weighted by molar-refractivity contribution is 5.78. The van der Waals surface area contributed by atoms with Gasteiger partial charge in [-0.1, -0.05) is 6.07 Å². The van der Waals surface area contributed by atoms with Crippen molar-refractivity contribution in [3.8, 4) is 11.5 Å². The Morgan fingerprint density at radius 3 is 2.62 bits per heavy atom. The van der Waals surface area contributed by atoms with Crippen LogP contribution in [0.2, 0.25) is 0 Å². The van der Waals surface area contributed by atoms with E-state index in [2.05, 4.69) is 9.88 Å². The number of amides is 1. The summed E-state index contributed by atoms with van der Waals surface area (Å²) in [5.41, 5.74) is 0. The number of benzene rings is 1. The van der Waals surface area contributed by atoms with Crippen molar-refractivity contribution >= 4 is 11.9 Å². The summed E-state index contributed by atoms with van der Waals surface area (Å²) in [5, 5.41) is 0. The van der Waals surface area contributed by atoms with Crippen molar-refractivity contribution in [1.29, 1.82) is 0 Å². The Kier molecular flexibility index (Phi) is 4.88. The molecule has 1 aromatic carbocycles. The first-order chi connectivity index (χ1) is 11.7. The number of hydrogen-bond acceptors (Lipinski definition) is 5. The topological polar surface area (TPSA) is 59.8 Å². The normalized spacial score (nSPS) is 14.6. The molecule has 1 saturated heterocycles. The van der Waals surface area contributed by atoms with E-state index < -0.39 is 0 Å². The van der Waals surface area contributed by atoms with Crippen molar-refractivity contribution < 1.29 is 14.3 Å². The van der Waals surface area contributed by atoms with Crippen LogP contribution < -0.4 is 14.4 Å². The summed E-state index contributed by atoms with van der Waals surface area (Å²) in [6, 6.07) is 7.26. The predicted molar refractivity (Wildman–Crippen MR) is 90.5 cm³/mol. The van der Waals surface area contributed by atoms with E-state index in [0.717, 1.165) is 19.0 Å². The number of aryl methyl sites for hydroxylation is 1. The maximum Gasteiger partial charge on any atom is 0.260 e. The second-order valence-electron chi connectivity index (χ2n) is 5.67. The maximum absolute atomic E-state index is 12.3. The van der Waals surface area contributed by atoms with Crippen molar-refractivity contribution in [3.63, 3.8) is 0 Å². The minimum Gasteiger partial charge on any atom is -0.497 e. The summed E-state index contributed by atoms with van der Waals surface area (Å²) < 4.78 is 12.7. The standard InChI is InChI=1S/C17H22N4O3/c1-19-7-6-18-17(19)21-10-8-20(9-11-21)16(22)13-24-15-5-3-4-14(12-15)23-2/h3-7,12H,8-11,13H2,1-2H3. The molecular weight excluding hydrogens is 308 g/mol. The van der Waals surface area contributed by atoms with Gasteiger partial charge in [0.2, 0.25) is 5.95 Å². The van der Waals surface area contributed by atoms with Gasteiger partial charge in [-0.15, -0.1) is 0 Å². The molecule has 0 spiro atoms. The summed E-state index contributed by atoms with van der Waals surface area (Å²) in [6.07, 6.45) is 3.71. The SMILES string of the molecule is COc1cccc(OCC(=O)N2CCN(c3nccn3C)CC2)c1. The third kappa shape index (κ3) is 3.61. The molecule has 1 aliphatic heterocycles. The molecule has 1 aliphatic rings. The summed E-state index contributed by atoms with van der Waals surface area (Å²) in [4.78, 5) is 20.7. The number of ether oxygens (including phenoxy) is 2. The molecule has 1 aromatic heterocycles. The van der Waals surface area contributed by atoms with Crippen molar-refractivity contribution in [3.05, 3.63) is 36.7 Å². The van der Waals surface area contributed by atoms with Gasteiger partial charge < -0.3 is 23.8 Å². The van der Waals surface area contributed by atoms with Gasteiger partial charge >= 0.3 is 0 Å². The highest BCUT2D eigenvalue weighted by atomic mass is 16.5. The van der Waals surface area contributed by atoms with E-state index in [9.17, 15) is 4.79 Å². The highest BCUT2D eigenvalue weighted by Crippen LogP contribution is 2.19. The zero-order valence-corrected chi connectivity index (χ0v) is 14.0. The summed E-state index contributed by atoms with van der Waals surface area (Å²) in [5.74, 6) is 2.28. The van der Waals surface area contributed by atoms with Crippen LogP contribution >= 0.6 is 0 Å². The van der Waals surface area contributed by atoms with Crippen molar-refractivity contribution in [2.45, 2.75) is 0 Å². The number of imidazole rings is 1. The average Bonchev–Trinajstić information content (AvgIpc) is 3.06. The Balaban J connectivity index is 1.49. The lowest BCUT2D eigenvalue weighted by atomic mass is 10.3. The Morgan fingerprint density at radius 2 is 1.96 bits per heavy atom. The van der Waals surface area contributed by atoms with E-state index in [0.29, 0.717) is 24.6 Å². The molecule has 2 aromatic rings. The Morgan fingerprint density at radius 1 is 1.21 bits per heavy atom. The second kappa shape index (κ2) is 7.25. The van der Waals surface area contributed by atoms with Crippen LogP contribution in [-0.2, 0) is 11.8 Å². The molecule has 24 heavy (non-hydrogen) atoms. The monoisotopic (exact) mass is 330 g/mol. The molecule has 0 aliphatic carbocycles. The zero-order chi connectivity index (χ0) is 16.9. The molecule has 0 atom stereocenters. The van der Waals surface area contributed by atoms with Crippen molar-refractivity contribution in [1.82, 2.24) is 14.5 Å². The van der Waals surface area contributed by atoms with Crippen LogP contribution in [0.1, 0.15) is 0 Å². The minimum absolute atomic E-state index is 0.00249. The average molecular weight is 330 g/mol. The number of nitrogens with zero attached hydrogens (tertiary/aromatic N) is 4. The number of aromatic nitrogens is 2. The molecule has 2 heterocycles. The quantitative estimate of drug-likeness (QED) is 0.823. The number of methoxy groups -OCH3 is 1. The van der Waals surface area contributed by atoms with Gasteiger partial charge in [0.25, 0.3) is 5.91 Å². The molecule has 7 heteroatoms. The third-order valence-corrected chi connectivity index (χ3v) is 4.11. The molecular formula is C17H22N4O3. The fraction of sp³-hybridized carbons (Fsp3) is 0.412. The van der Waals surface area contributed by atoms with E-state index in [1.165, 1.54) is 0 Å². The Bertz CT molecular complexity index is 693. The Hall–Kier alpha value is -2.70. The second-order valence-corrected chi connectivity index (χ2v) is 5.67. The van der Waals surface area contributed by atoms with Gasteiger partial charge in [-0.2, -0.15) is 0 Å². The van der Waals surface area contributed by atoms with Gasteiger partial charge in [-0.05, 0) is 12.1 Å². The van der Waals surface area contributed by atoms with Crippen LogP contribution in [0.4, 0.5) is 5.95 Å². The molecule has 7 nitrogen and oxygen atoms in total. The van der Waals surface area contributed by atoms with E-state index in [1.807, 2.05) is 40.9 Å². The van der Waals surface area contributed by atoms with E-state index >= 15 is 0 Å². The van der Waals surface area contributed by atoms with Gasteiger partial charge in [0, 0.05) is 51.7 Å². The van der Waals surface area contributed by atoms with Gasteiger partial charge in [-0.25, -0.2) is 4.98 Å². The zero-order valence-electron chi connectivity index (χ0n) is 14.0. The first kappa shape index (κ1) is 16.2. The number of rotatable bonds is 5. The molecule has 0 saturated carbocycles. The van der Waals surface area contributed by atoms with Crippen molar-refractivity contribution in [2.24, 2.45) is 7.05 Å². The molecule has 0 radical (unpaired) electrons. The lowest BCUT2D eigenvalue weighted by Gasteiger charge is -2.35. The number of carbonyl (C=O) groups is 1. The number of carbonyl (C=O) groups excluding carboxylic acids is 1. The maximum atomic E-state index is 12.3. The smallest absolute Gasteiger partial charge is 0.260 e. The minimum atomic E-state index is -0.00249. The van der Waals surface area contributed by atoms with Crippen LogP contribution in [0, 0.1) is 0 Å². The Labute approximate surface area is 141 Å². The molecule has 1 amide bonds. The molecule has 128 valence electrons. The summed E-state index contributed by atoms with van der Waals surface area (Å²) in [6.45, 7) is 2.93. The summed E-state index contributed by atoms with van der Waals surface area (Å²) in [7, 11) is 3.58. The van der Waals surface area contributed by atoms with Crippen LogP contribution in [-0.4, -0.2) is 60.3 Å². The van der Waals surface area contributed by atoms with Gasteiger partial charge in [0.05, 0.1) is 7.11 Å². The van der Waals surface area contributed by atoms with Crippen LogP contribution in [0.3, 0.4) is 0 Å². The van der Waals surface area contributed by atoms with Crippen LogP contribution in [0.25, 0.3) is 0 Å². The molecule has 0 N–H and O–H groups in total. The number of anilines is 1. The fourth-order valence-electron chi connectivity index (χ4n) is 2.75. The van der Waals surface area contributed by atoms with Gasteiger partial charge in [0.15, 0.2) is 6.61 Å². The molecule has 1 fully saturated rings. The van der Waals surface area contributed by atoms with E-state index in [4.69, 9.17) is 9.47 Å². The number of piperazine rings is 1. The fourth-order valence-corrected chi connectivity index (χ4v) is 2.75. The van der Waals surface area contributed by atoms with Gasteiger partial charge in [-0.3, -0.25) is 4.79 Å². The van der Waals surface area contributed by atoms with E-state index in [-0.39, 0.29) is 12.5 Å². The lowest BCUT2D eigenvalue weighted by molar-refractivity contribution is -0.133. The number of hydrogen-bond donors (Lipinski definition) is 0. The van der Waals surface area contributed by atoms with Crippen LogP contribution in [0.5, 0.6) is 11.5 Å². The molecule has 3 rings (SSSR count). The van der Waals surface area contributed by atoms with Gasteiger partial charge in [0.1, 0.15) is 11.5 Å². The first-order valence-electron chi connectivity index (χ1n) is 7.94. The third-order valence-electron chi connectivity index (χ3n) is 4.11. The largest absolute Gasteiger partial charge is 0.497 e. The predicted octanol–water partition coefficient (Wildman–Crippen LogP) is 1.16. The van der Waals surface area contributed by atoms with Crippen LogP contribution in [0.15, 0.2) is 36.7 Å². The first-order valence-corrected chi connectivity index (χ1v) is 7.94. The lowest BCUT2D eigenvalue weighted by Crippen LogP contribution is -2.50. The summed E-state index contributed by atoms with van der Waals surface area (Å²) >= 11 is 0. The molecule has 0 bridgehead atoms. The van der Waals surface area contributed by atoms with E-state index in [1.54, 1.807) is 19.4 Å².